The van der Waals surface area contributed by atoms with Crippen molar-refractivity contribution in [3.05, 3.63) is 29.8 Å². The number of piperazine rings is 1. The number of rotatable bonds is 4. The van der Waals surface area contributed by atoms with Gasteiger partial charge in [0.1, 0.15) is 5.75 Å². The topological polar surface area (TPSA) is 70.2 Å². The molecule has 2 heterocycles. The van der Waals surface area contributed by atoms with Gasteiger partial charge in [-0.25, -0.2) is 0 Å². The maximum atomic E-state index is 12.8. The Hall–Kier alpha value is -2.57. The fourth-order valence-electron chi connectivity index (χ4n) is 3.96. The molecule has 1 unspecified atom stereocenters. The van der Waals surface area contributed by atoms with Crippen LogP contribution in [0.5, 0.6) is 5.75 Å². The quantitative estimate of drug-likeness (QED) is 0.792. The molecule has 0 radical (unpaired) electrons. The minimum atomic E-state index is -0.223. The van der Waals surface area contributed by atoms with Crippen LogP contribution in [0.1, 0.15) is 29.6 Å². The van der Waals surface area contributed by atoms with Crippen molar-refractivity contribution < 1.29 is 19.1 Å². The molecule has 0 spiro atoms. The van der Waals surface area contributed by atoms with Gasteiger partial charge in [0, 0.05) is 50.7 Å². The monoisotopic (exact) mass is 371 g/mol. The number of carbonyl (C=O) groups is 3. The smallest absolute Gasteiger partial charge is 0.254 e. The molecule has 144 valence electrons. The van der Waals surface area contributed by atoms with Crippen molar-refractivity contribution in [3.8, 4) is 5.75 Å². The molecular formula is C20H25N3O4. The predicted octanol–water partition coefficient (Wildman–Crippen LogP) is 0.990. The molecule has 3 aliphatic rings. The molecule has 0 aromatic heterocycles. The van der Waals surface area contributed by atoms with Crippen LogP contribution in [0.25, 0.3) is 0 Å². The van der Waals surface area contributed by atoms with Crippen LogP contribution in [-0.2, 0) is 9.59 Å². The van der Waals surface area contributed by atoms with E-state index in [1.54, 1.807) is 36.3 Å². The maximum absolute atomic E-state index is 12.8. The van der Waals surface area contributed by atoms with Gasteiger partial charge in [0.2, 0.25) is 11.8 Å². The van der Waals surface area contributed by atoms with E-state index in [9.17, 15) is 14.4 Å². The number of benzene rings is 1. The first-order valence-corrected chi connectivity index (χ1v) is 9.58. The molecule has 2 saturated heterocycles. The molecule has 1 atom stereocenters. The molecule has 1 aromatic carbocycles. The number of hydrogen-bond acceptors (Lipinski definition) is 4. The second kappa shape index (κ2) is 7.21. The van der Waals surface area contributed by atoms with Gasteiger partial charge in [-0.15, -0.1) is 0 Å². The lowest BCUT2D eigenvalue weighted by molar-refractivity contribution is -0.137. The second-order valence-corrected chi connectivity index (χ2v) is 7.53. The summed E-state index contributed by atoms with van der Waals surface area (Å²) in [4.78, 5) is 43.0. The summed E-state index contributed by atoms with van der Waals surface area (Å²) in [7, 11) is 1.58. The van der Waals surface area contributed by atoms with Crippen molar-refractivity contribution in [2.45, 2.75) is 25.3 Å². The molecule has 1 aromatic rings. The third-order valence-electron chi connectivity index (χ3n) is 5.69. The van der Waals surface area contributed by atoms with Gasteiger partial charge in [0.25, 0.3) is 5.91 Å². The SMILES string of the molecule is COc1cccc(C(=O)N2CCN(C(=O)C3CC(=O)N(C4CC4)C3)CC2)c1. The molecule has 1 saturated carbocycles. The number of likely N-dealkylation sites (tertiary alicyclic amines) is 1. The molecule has 1 aliphatic carbocycles. The van der Waals surface area contributed by atoms with Crippen molar-refractivity contribution in [2.75, 3.05) is 39.8 Å². The minimum Gasteiger partial charge on any atom is -0.497 e. The fourth-order valence-corrected chi connectivity index (χ4v) is 3.96. The number of carbonyl (C=O) groups excluding carboxylic acids is 3. The summed E-state index contributed by atoms with van der Waals surface area (Å²) in [6, 6.07) is 7.48. The Morgan fingerprint density at radius 2 is 1.78 bits per heavy atom. The Labute approximate surface area is 158 Å². The summed E-state index contributed by atoms with van der Waals surface area (Å²) >= 11 is 0. The molecule has 7 nitrogen and oxygen atoms in total. The summed E-state index contributed by atoms with van der Waals surface area (Å²) < 4.78 is 5.18. The Kier molecular flexibility index (Phi) is 4.76. The van der Waals surface area contributed by atoms with Crippen LogP contribution in [0.3, 0.4) is 0 Å². The molecule has 3 amide bonds. The van der Waals surface area contributed by atoms with Gasteiger partial charge in [0.15, 0.2) is 0 Å². The normalized spacial score (nSPS) is 22.9. The van der Waals surface area contributed by atoms with Crippen LogP contribution in [0.15, 0.2) is 24.3 Å². The van der Waals surface area contributed by atoms with E-state index in [1.807, 2.05) is 9.80 Å². The molecule has 4 rings (SSSR count). The van der Waals surface area contributed by atoms with Crippen LogP contribution >= 0.6 is 0 Å². The minimum absolute atomic E-state index is 0.0445. The first-order valence-electron chi connectivity index (χ1n) is 9.58. The highest BCUT2D eigenvalue weighted by Gasteiger charge is 2.43. The van der Waals surface area contributed by atoms with Crippen LogP contribution in [0, 0.1) is 5.92 Å². The molecule has 2 aliphatic heterocycles. The Morgan fingerprint density at radius 3 is 2.44 bits per heavy atom. The van der Waals surface area contributed by atoms with Gasteiger partial charge in [-0.1, -0.05) is 6.07 Å². The van der Waals surface area contributed by atoms with E-state index in [0.29, 0.717) is 56.5 Å². The lowest BCUT2D eigenvalue weighted by Gasteiger charge is -2.36. The molecule has 0 bridgehead atoms. The van der Waals surface area contributed by atoms with Crippen molar-refractivity contribution in [2.24, 2.45) is 5.92 Å². The van der Waals surface area contributed by atoms with Crippen LogP contribution in [0.2, 0.25) is 0 Å². The highest BCUT2D eigenvalue weighted by atomic mass is 16.5. The Bertz CT molecular complexity index is 753. The average Bonchev–Trinajstić information content (AvgIpc) is 3.48. The van der Waals surface area contributed by atoms with E-state index in [-0.39, 0.29) is 23.6 Å². The highest BCUT2D eigenvalue weighted by Crippen LogP contribution is 2.33. The number of ether oxygens (including phenoxy) is 1. The van der Waals surface area contributed by atoms with E-state index in [4.69, 9.17) is 4.74 Å². The van der Waals surface area contributed by atoms with Crippen molar-refractivity contribution in [1.29, 1.82) is 0 Å². The largest absolute Gasteiger partial charge is 0.497 e. The maximum Gasteiger partial charge on any atom is 0.254 e. The molecule has 27 heavy (non-hydrogen) atoms. The first kappa shape index (κ1) is 17.8. The van der Waals surface area contributed by atoms with E-state index in [0.717, 1.165) is 12.8 Å². The summed E-state index contributed by atoms with van der Waals surface area (Å²) in [6.07, 6.45) is 2.47. The van der Waals surface area contributed by atoms with Gasteiger partial charge >= 0.3 is 0 Å². The van der Waals surface area contributed by atoms with Crippen molar-refractivity contribution in [3.63, 3.8) is 0 Å². The summed E-state index contributed by atoms with van der Waals surface area (Å²) in [5, 5.41) is 0. The summed E-state index contributed by atoms with van der Waals surface area (Å²) in [5.74, 6) is 0.555. The van der Waals surface area contributed by atoms with Crippen LogP contribution in [0.4, 0.5) is 0 Å². The number of nitrogens with zero attached hydrogens (tertiary/aromatic N) is 3. The third-order valence-corrected chi connectivity index (χ3v) is 5.69. The standard InChI is InChI=1S/C20H25N3O4/c1-27-17-4-2-3-14(11-17)19(25)21-7-9-22(10-8-21)20(26)15-12-18(24)23(13-15)16-5-6-16/h2-4,11,15-16H,5-10,12-13H2,1H3. The Morgan fingerprint density at radius 1 is 1.07 bits per heavy atom. The zero-order valence-corrected chi connectivity index (χ0v) is 15.6. The zero-order chi connectivity index (χ0) is 19.0. The van der Waals surface area contributed by atoms with E-state index >= 15 is 0 Å². The molecule has 3 fully saturated rings. The van der Waals surface area contributed by atoms with Gasteiger partial charge in [-0.3, -0.25) is 14.4 Å². The van der Waals surface area contributed by atoms with Crippen LogP contribution in [-0.4, -0.2) is 78.3 Å². The fraction of sp³-hybridized carbons (Fsp3) is 0.550. The van der Waals surface area contributed by atoms with Gasteiger partial charge in [-0.05, 0) is 31.0 Å². The third kappa shape index (κ3) is 3.63. The second-order valence-electron chi connectivity index (χ2n) is 7.53. The van der Waals surface area contributed by atoms with Crippen LogP contribution < -0.4 is 4.74 Å². The van der Waals surface area contributed by atoms with Gasteiger partial charge in [-0.2, -0.15) is 0 Å². The molecule has 0 N–H and O–H groups in total. The van der Waals surface area contributed by atoms with E-state index in [1.165, 1.54) is 0 Å². The van der Waals surface area contributed by atoms with Gasteiger partial charge < -0.3 is 19.4 Å². The first-order chi connectivity index (χ1) is 13.1. The summed E-state index contributed by atoms with van der Waals surface area (Å²) in [6.45, 7) is 2.61. The van der Waals surface area contributed by atoms with E-state index < -0.39 is 0 Å². The number of hydrogen-bond donors (Lipinski definition) is 0. The highest BCUT2D eigenvalue weighted by molar-refractivity contribution is 5.95. The van der Waals surface area contributed by atoms with Crippen molar-refractivity contribution in [1.82, 2.24) is 14.7 Å². The molecule has 7 heteroatoms. The predicted molar refractivity (Wildman–Crippen MR) is 98.3 cm³/mol. The van der Waals surface area contributed by atoms with Gasteiger partial charge in [0.05, 0.1) is 13.0 Å². The molecular weight excluding hydrogens is 346 g/mol. The van der Waals surface area contributed by atoms with Crippen molar-refractivity contribution >= 4 is 17.7 Å². The Balaban J connectivity index is 1.32. The average molecular weight is 371 g/mol. The lowest BCUT2D eigenvalue weighted by Crippen LogP contribution is -2.52. The summed E-state index contributed by atoms with van der Waals surface area (Å²) in [5.41, 5.74) is 0.593. The van der Waals surface area contributed by atoms with E-state index in [2.05, 4.69) is 0 Å². The number of methoxy groups -OCH3 is 1. The number of amides is 3. The zero-order valence-electron chi connectivity index (χ0n) is 15.6. The lowest BCUT2D eigenvalue weighted by atomic mass is 10.1.